The molecule has 0 aliphatic rings. The standard InChI is InChI=1S/C4HF9O3S/c5-1(6,3(9,10)11)2(7,8)4(12,13)16-17(14)15/h(H,14,15). The number of alkyl halides is 9. The van der Waals surface area contributed by atoms with Crippen LogP contribution in [0.2, 0.25) is 0 Å². The summed E-state index contributed by atoms with van der Waals surface area (Å²) < 4.78 is 127. The summed E-state index contributed by atoms with van der Waals surface area (Å²) in [6.07, 6.45) is -13.5. The van der Waals surface area contributed by atoms with Crippen LogP contribution in [0.25, 0.3) is 0 Å². The Morgan fingerprint density at radius 2 is 1.18 bits per heavy atom. The van der Waals surface area contributed by atoms with Gasteiger partial charge in [0.25, 0.3) is 0 Å². The Hall–Kier alpha value is -0.560. The van der Waals surface area contributed by atoms with Gasteiger partial charge in [0.15, 0.2) is 0 Å². The Kier molecular flexibility index (Phi) is 4.13. The maximum absolute atomic E-state index is 12.2. The zero-order valence-electron chi connectivity index (χ0n) is 7.07. The summed E-state index contributed by atoms with van der Waals surface area (Å²) in [5.74, 6) is -14.2. The third-order valence-corrected chi connectivity index (χ3v) is 1.64. The molecule has 0 bridgehead atoms. The van der Waals surface area contributed by atoms with Gasteiger partial charge in [0, 0.05) is 0 Å². The van der Waals surface area contributed by atoms with Gasteiger partial charge in [0.05, 0.1) is 0 Å². The van der Waals surface area contributed by atoms with E-state index in [-0.39, 0.29) is 0 Å². The van der Waals surface area contributed by atoms with E-state index >= 15 is 0 Å². The highest BCUT2D eigenvalue weighted by Gasteiger charge is 2.83. The van der Waals surface area contributed by atoms with Crippen molar-refractivity contribution in [3.63, 3.8) is 0 Å². The fourth-order valence-electron chi connectivity index (χ4n) is 0.503. The van der Waals surface area contributed by atoms with Gasteiger partial charge in [-0.2, -0.15) is 47.9 Å². The van der Waals surface area contributed by atoms with Gasteiger partial charge in [0.2, 0.25) is 0 Å². The molecule has 0 aromatic carbocycles. The van der Waals surface area contributed by atoms with Crippen LogP contribution >= 0.6 is 0 Å². The summed E-state index contributed by atoms with van der Waals surface area (Å²) in [7, 11) is 0. The first-order valence-corrected chi connectivity index (χ1v) is 4.20. The smallest absolute Gasteiger partial charge is 0.284 e. The highest BCUT2D eigenvalue weighted by molar-refractivity contribution is 7.74. The monoisotopic (exact) mass is 300 g/mol. The molecule has 13 heteroatoms. The maximum Gasteiger partial charge on any atom is 0.460 e. The fourth-order valence-corrected chi connectivity index (χ4v) is 0.786. The summed E-state index contributed by atoms with van der Waals surface area (Å²) >= 11 is -4.17. The van der Waals surface area contributed by atoms with Gasteiger partial charge in [-0.15, -0.1) is 0 Å². The minimum atomic E-state index is -7.15. The van der Waals surface area contributed by atoms with Crippen LogP contribution in [0.15, 0.2) is 0 Å². The SMILES string of the molecule is O=S(O)OC(F)(F)C(F)(F)C(F)(F)C(F)(F)F. The molecule has 104 valence electrons. The van der Waals surface area contributed by atoms with Crippen molar-refractivity contribution in [1.29, 1.82) is 0 Å². The Bertz CT molecular complexity index is 310. The van der Waals surface area contributed by atoms with Gasteiger partial charge in [-0.25, -0.2) is 0 Å². The molecule has 0 saturated carbocycles. The van der Waals surface area contributed by atoms with Crippen molar-refractivity contribution in [2.45, 2.75) is 24.1 Å². The average Bonchev–Trinajstić information content (AvgIpc) is 1.98. The van der Waals surface area contributed by atoms with Gasteiger partial charge < -0.3 is 0 Å². The summed E-state index contributed by atoms with van der Waals surface area (Å²) in [5, 5.41) is 0. The maximum atomic E-state index is 12.2. The van der Waals surface area contributed by atoms with Crippen molar-refractivity contribution in [3.8, 4) is 0 Å². The predicted octanol–water partition coefficient (Wildman–Crippen LogP) is 2.57. The highest BCUT2D eigenvalue weighted by Crippen LogP contribution is 2.53. The molecular formula is C4HF9O3S. The van der Waals surface area contributed by atoms with Crippen LogP contribution in [0.4, 0.5) is 39.5 Å². The molecule has 0 aliphatic heterocycles. The molecule has 0 fully saturated rings. The van der Waals surface area contributed by atoms with Crippen LogP contribution in [-0.4, -0.2) is 32.9 Å². The normalized spacial score (nSPS) is 17.1. The highest BCUT2D eigenvalue weighted by atomic mass is 32.2. The first-order chi connectivity index (χ1) is 7.17. The summed E-state index contributed by atoms with van der Waals surface area (Å²) in [6.45, 7) is 0. The van der Waals surface area contributed by atoms with Crippen LogP contribution in [0.5, 0.6) is 0 Å². The molecule has 0 aromatic rings. The second-order valence-corrected chi connectivity index (χ2v) is 3.06. The number of hydrogen-bond acceptors (Lipinski definition) is 2. The van der Waals surface area contributed by atoms with E-state index in [4.69, 9.17) is 4.55 Å². The Morgan fingerprint density at radius 1 is 0.824 bits per heavy atom. The third-order valence-electron chi connectivity index (χ3n) is 1.29. The molecule has 0 rings (SSSR count). The third kappa shape index (κ3) is 2.82. The molecule has 0 aliphatic carbocycles. The topological polar surface area (TPSA) is 46.5 Å². The van der Waals surface area contributed by atoms with Crippen molar-refractivity contribution >= 4 is 11.4 Å². The average molecular weight is 300 g/mol. The van der Waals surface area contributed by atoms with E-state index in [1.165, 1.54) is 0 Å². The largest absolute Gasteiger partial charge is 0.460 e. The van der Waals surface area contributed by atoms with E-state index < -0.39 is 35.5 Å². The molecule has 0 saturated heterocycles. The van der Waals surface area contributed by atoms with Crippen molar-refractivity contribution in [2.75, 3.05) is 0 Å². The number of rotatable bonds is 4. The van der Waals surface area contributed by atoms with Gasteiger partial charge in [-0.05, 0) is 0 Å². The minimum Gasteiger partial charge on any atom is -0.284 e. The zero-order valence-corrected chi connectivity index (χ0v) is 7.89. The van der Waals surface area contributed by atoms with Crippen molar-refractivity contribution in [2.24, 2.45) is 0 Å². The molecule has 1 unspecified atom stereocenters. The van der Waals surface area contributed by atoms with E-state index in [1.54, 1.807) is 0 Å². The van der Waals surface area contributed by atoms with E-state index in [1.807, 2.05) is 0 Å². The quantitative estimate of drug-likeness (QED) is 0.641. The molecule has 1 N–H and O–H groups in total. The molecule has 0 radical (unpaired) electrons. The second-order valence-electron chi connectivity index (χ2n) is 2.46. The van der Waals surface area contributed by atoms with Crippen LogP contribution in [-0.2, 0) is 15.5 Å². The lowest BCUT2D eigenvalue weighted by atomic mass is 10.1. The van der Waals surface area contributed by atoms with Crippen LogP contribution in [0, 0.1) is 0 Å². The Labute approximate surface area is 89.0 Å². The minimum absolute atomic E-state index is 2.15. The lowest BCUT2D eigenvalue weighted by Crippen LogP contribution is -2.61. The molecule has 0 heterocycles. The van der Waals surface area contributed by atoms with Crippen LogP contribution in [0.3, 0.4) is 0 Å². The van der Waals surface area contributed by atoms with Crippen molar-refractivity contribution in [3.05, 3.63) is 0 Å². The van der Waals surface area contributed by atoms with Gasteiger partial charge in [-0.3, -0.25) is 4.55 Å². The summed E-state index contributed by atoms with van der Waals surface area (Å²) in [6, 6.07) is 0. The van der Waals surface area contributed by atoms with Gasteiger partial charge in [-0.1, -0.05) is 0 Å². The molecule has 0 amide bonds. The molecule has 1 atom stereocenters. The van der Waals surface area contributed by atoms with Gasteiger partial charge in [0.1, 0.15) is 0 Å². The number of halogens is 9. The predicted molar refractivity (Wildman–Crippen MR) is 32.8 cm³/mol. The molecule has 0 spiro atoms. The molecule has 17 heavy (non-hydrogen) atoms. The first kappa shape index (κ1) is 16.4. The summed E-state index contributed by atoms with van der Waals surface area (Å²) in [5.41, 5.74) is 0. The van der Waals surface area contributed by atoms with E-state index in [0.29, 0.717) is 0 Å². The molecule has 0 aromatic heterocycles. The van der Waals surface area contributed by atoms with E-state index in [2.05, 4.69) is 4.18 Å². The Morgan fingerprint density at radius 3 is 1.41 bits per heavy atom. The second kappa shape index (κ2) is 4.28. The lowest BCUT2D eigenvalue weighted by Gasteiger charge is -2.31. The van der Waals surface area contributed by atoms with Crippen LogP contribution in [0.1, 0.15) is 0 Å². The zero-order chi connectivity index (χ0) is 14.3. The molecule has 3 nitrogen and oxygen atoms in total. The molecular weight excluding hydrogens is 299 g/mol. The lowest BCUT2D eigenvalue weighted by molar-refractivity contribution is -0.428. The first-order valence-electron chi connectivity index (χ1n) is 3.17. The fraction of sp³-hybridized carbons (Fsp3) is 1.00. The Balaban J connectivity index is 5.47. The van der Waals surface area contributed by atoms with E-state index in [0.717, 1.165) is 0 Å². The van der Waals surface area contributed by atoms with Crippen LogP contribution < -0.4 is 0 Å². The summed E-state index contributed by atoms with van der Waals surface area (Å²) in [4.78, 5) is 0. The van der Waals surface area contributed by atoms with E-state index in [9.17, 15) is 43.7 Å². The van der Waals surface area contributed by atoms with Crippen molar-refractivity contribution in [1.82, 2.24) is 0 Å². The number of hydrogen-bond donors (Lipinski definition) is 1. The van der Waals surface area contributed by atoms with Crippen molar-refractivity contribution < 1.29 is 52.5 Å². The van der Waals surface area contributed by atoms with Gasteiger partial charge >= 0.3 is 35.5 Å².